The highest BCUT2D eigenvalue weighted by Gasteiger charge is 2.37. The molecule has 2 aromatic rings. The van der Waals surface area contributed by atoms with Crippen LogP contribution in [0.25, 0.3) is 0 Å². The van der Waals surface area contributed by atoms with Gasteiger partial charge in [0, 0.05) is 17.7 Å². The molecule has 5 nitrogen and oxygen atoms in total. The molecular formula is C19H18N2O3. The maximum Gasteiger partial charge on any atom is 0.210 e. The fourth-order valence-corrected chi connectivity index (χ4v) is 2.79. The van der Waals surface area contributed by atoms with E-state index in [9.17, 15) is 9.59 Å². The number of aliphatic hydroxyl groups excluding tert-OH is 1. The van der Waals surface area contributed by atoms with Crippen molar-refractivity contribution < 1.29 is 14.7 Å². The van der Waals surface area contributed by atoms with Crippen molar-refractivity contribution in [1.82, 2.24) is 5.32 Å². The number of aliphatic imine (C=N–C) groups is 1. The number of carbonyl (C=O) groups is 2. The first kappa shape index (κ1) is 16.2. The Morgan fingerprint density at radius 1 is 1.08 bits per heavy atom. The molecule has 1 aliphatic carbocycles. The number of fused-ring (bicyclic) bond motifs is 1. The van der Waals surface area contributed by atoms with Crippen LogP contribution in [0, 0.1) is 6.92 Å². The lowest BCUT2D eigenvalue weighted by Crippen LogP contribution is -2.51. The van der Waals surface area contributed by atoms with Crippen molar-refractivity contribution in [2.24, 2.45) is 4.99 Å². The van der Waals surface area contributed by atoms with E-state index in [1.54, 1.807) is 30.3 Å². The summed E-state index contributed by atoms with van der Waals surface area (Å²) in [4.78, 5) is 30.0. The largest absolute Gasteiger partial charge is 0.395 e. The molecule has 0 aliphatic heterocycles. The van der Waals surface area contributed by atoms with E-state index in [1.165, 1.54) is 0 Å². The summed E-state index contributed by atoms with van der Waals surface area (Å²) in [5.74, 6) is -0.466. The summed E-state index contributed by atoms with van der Waals surface area (Å²) in [5.41, 5.74) is 2.57. The van der Waals surface area contributed by atoms with E-state index < -0.39 is 6.04 Å². The summed E-state index contributed by atoms with van der Waals surface area (Å²) >= 11 is 0. The Morgan fingerprint density at radius 2 is 1.83 bits per heavy atom. The van der Waals surface area contributed by atoms with Crippen LogP contribution in [0.5, 0.6) is 0 Å². The predicted molar refractivity (Wildman–Crippen MR) is 92.3 cm³/mol. The Kier molecular flexibility index (Phi) is 4.64. The molecule has 0 fully saturated rings. The van der Waals surface area contributed by atoms with Gasteiger partial charge in [-0.05, 0) is 24.6 Å². The van der Waals surface area contributed by atoms with Crippen LogP contribution >= 0.6 is 0 Å². The van der Waals surface area contributed by atoms with E-state index in [1.807, 2.05) is 25.1 Å². The van der Waals surface area contributed by atoms with Crippen LogP contribution < -0.4 is 5.32 Å². The number of Topliss-reactive ketones (excluding diaryl/α,β-unsaturated/α-hetero) is 2. The number of hydrogen-bond donors (Lipinski definition) is 2. The highest BCUT2D eigenvalue weighted by Crippen LogP contribution is 2.23. The predicted octanol–water partition coefficient (Wildman–Crippen LogP) is 2.10. The number of aryl methyl sites for hydroxylation is 1. The maximum absolute atomic E-state index is 12.8. The molecule has 0 spiro atoms. The van der Waals surface area contributed by atoms with Gasteiger partial charge in [-0.15, -0.1) is 0 Å². The van der Waals surface area contributed by atoms with Crippen molar-refractivity contribution in [3.05, 3.63) is 65.2 Å². The lowest BCUT2D eigenvalue weighted by molar-refractivity contribution is 0.0934. The fraction of sp³-hybridized carbons (Fsp3) is 0.211. The Bertz CT molecular complexity index is 827. The van der Waals surface area contributed by atoms with E-state index in [4.69, 9.17) is 5.11 Å². The molecule has 0 radical (unpaired) electrons. The van der Waals surface area contributed by atoms with Gasteiger partial charge in [0.25, 0.3) is 0 Å². The normalized spacial score (nSPS) is 18.8. The molecule has 0 heterocycles. The molecule has 1 atom stereocenters. The summed E-state index contributed by atoms with van der Waals surface area (Å²) in [6.45, 7) is 2.02. The first-order valence-corrected chi connectivity index (χ1v) is 7.79. The number of aliphatic hydroxyl groups is 1. The second-order valence-electron chi connectivity index (χ2n) is 5.69. The molecule has 1 aliphatic rings. The highest BCUT2D eigenvalue weighted by molar-refractivity contribution is 6.55. The quantitative estimate of drug-likeness (QED) is 0.903. The molecule has 0 bridgehead atoms. The van der Waals surface area contributed by atoms with Crippen molar-refractivity contribution in [1.29, 1.82) is 0 Å². The van der Waals surface area contributed by atoms with Crippen molar-refractivity contribution in [2.45, 2.75) is 13.0 Å². The summed E-state index contributed by atoms with van der Waals surface area (Å²) in [5, 5.41) is 12.0. The molecule has 0 saturated heterocycles. The average molecular weight is 322 g/mol. The minimum absolute atomic E-state index is 0.128. The molecule has 2 aromatic carbocycles. The SMILES string of the molecule is Cc1cccc(N=C2C(=O)c3ccccc3C(=O)C2NCCO)c1. The summed E-state index contributed by atoms with van der Waals surface area (Å²) in [6, 6.07) is 13.3. The number of nitrogens with one attached hydrogen (secondary N) is 1. The van der Waals surface area contributed by atoms with Gasteiger partial charge in [-0.3, -0.25) is 14.9 Å². The zero-order valence-corrected chi connectivity index (χ0v) is 13.3. The van der Waals surface area contributed by atoms with Gasteiger partial charge in [-0.2, -0.15) is 0 Å². The second kappa shape index (κ2) is 6.86. The van der Waals surface area contributed by atoms with E-state index in [0.717, 1.165) is 5.56 Å². The number of rotatable bonds is 4. The summed E-state index contributed by atoms with van der Waals surface area (Å²) in [6.07, 6.45) is 0. The van der Waals surface area contributed by atoms with Gasteiger partial charge in [0.15, 0.2) is 5.78 Å². The Balaban J connectivity index is 2.10. The number of nitrogens with zero attached hydrogens (tertiary/aromatic N) is 1. The second-order valence-corrected chi connectivity index (χ2v) is 5.69. The van der Waals surface area contributed by atoms with Gasteiger partial charge in [-0.1, -0.05) is 36.4 Å². The smallest absolute Gasteiger partial charge is 0.210 e. The monoisotopic (exact) mass is 322 g/mol. The van der Waals surface area contributed by atoms with Crippen LogP contribution in [-0.4, -0.2) is 41.6 Å². The molecule has 0 saturated carbocycles. The molecule has 0 amide bonds. The molecule has 2 N–H and O–H groups in total. The zero-order chi connectivity index (χ0) is 17.1. The first-order chi connectivity index (χ1) is 11.6. The number of carbonyl (C=O) groups excluding carboxylic acids is 2. The van der Waals surface area contributed by atoms with Gasteiger partial charge < -0.3 is 5.11 Å². The van der Waals surface area contributed by atoms with Crippen LogP contribution in [0.15, 0.2) is 53.5 Å². The third kappa shape index (κ3) is 3.04. The van der Waals surface area contributed by atoms with Gasteiger partial charge in [0.05, 0.1) is 12.3 Å². The Hall–Kier alpha value is -2.63. The van der Waals surface area contributed by atoms with Crippen LogP contribution in [0.1, 0.15) is 26.3 Å². The van der Waals surface area contributed by atoms with Crippen LogP contribution in [0.2, 0.25) is 0 Å². The van der Waals surface area contributed by atoms with Crippen LogP contribution in [-0.2, 0) is 0 Å². The van der Waals surface area contributed by atoms with Gasteiger partial charge in [-0.25, -0.2) is 4.99 Å². The minimum Gasteiger partial charge on any atom is -0.395 e. The Morgan fingerprint density at radius 3 is 2.54 bits per heavy atom. The molecule has 0 aromatic heterocycles. The third-order valence-electron chi connectivity index (χ3n) is 3.92. The number of hydrogen-bond acceptors (Lipinski definition) is 5. The van der Waals surface area contributed by atoms with E-state index >= 15 is 0 Å². The van der Waals surface area contributed by atoms with Crippen molar-refractivity contribution in [2.75, 3.05) is 13.2 Å². The molecule has 3 rings (SSSR count). The summed E-state index contributed by atoms with van der Waals surface area (Å²) < 4.78 is 0. The lowest BCUT2D eigenvalue weighted by Gasteiger charge is -2.25. The van der Waals surface area contributed by atoms with Crippen molar-refractivity contribution in [3.63, 3.8) is 0 Å². The Labute approximate surface area is 140 Å². The zero-order valence-electron chi connectivity index (χ0n) is 13.3. The third-order valence-corrected chi connectivity index (χ3v) is 3.92. The first-order valence-electron chi connectivity index (χ1n) is 7.79. The van der Waals surface area contributed by atoms with Crippen LogP contribution in [0.3, 0.4) is 0 Å². The van der Waals surface area contributed by atoms with E-state index in [2.05, 4.69) is 10.3 Å². The molecule has 122 valence electrons. The van der Waals surface area contributed by atoms with Gasteiger partial charge >= 0.3 is 0 Å². The molecule has 24 heavy (non-hydrogen) atoms. The number of ketones is 2. The molecular weight excluding hydrogens is 304 g/mol. The highest BCUT2D eigenvalue weighted by atomic mass is 16.3. The lowest BCUT2D eigenvalue weighted by atomic mass is 9.84. The topological polar surface area (TPSA) is 78.8 Å². The maximum atomic E-state index is 12.8. The standard InChI is InChI=1S/C19H18N2O3/c1-12-5-4-6-13(11-12)21-17-16(20-9-10-22)18(23)14-7-2-3-8-15(14)19(17)24/h2-8,11,16,20,22H,9-10H2,1H3. The van der Waals surface area contributed by atoms with Gasteiger partial charge in [0.1, 0.15) is 11.8 Å². The summed E-state index contributed by atoms with van der Waals surface area (Å²) in [7, 11) is 0. The van der Waals surface area contributed by atoms with Gasteiger partial charge in [0.2, 0.25) is 5.78 Å². The minimum atomic E-state index is -0.847. The molecule has 1 unspecified atom stereocenters. The van der Waals surface area contributed by atoms with Crippen molar-refractivity contribution >= 4 is 23.0 Å². The molecule has 5 heteroatoms. The van der Waals surface area contributed by atoms with Crippen LogP contribution in [0.4, 0.5) is 5.69 Å². The van der Waals surface area contributed by atoms with Crippen molar-refractivity contribution in [3.8, 4) is 0 Å². The average Bonchev–Trinajstić information content (AvgIpc) is 2.59. The fourth-order valence-electron chi connectivity index (χ4n) is 2.79. The number of benzene rings is 2. The van der Waals surface area contributed by atoms with E-state index in [-0.39, 0.29) is 30.4 Å². The van der Waals surface area contributed by atoms with E-state index in [0.29, 0.717) is 16.8 Å².